The van der Waals surface area contributed by atoms with Crippen molar-refractivity contribution in [3.8, 4) is 0 Å². The van der Waals surface area contributed by atoms with Crippen LogP contribution in [-0.4, -0.2) is 28.9 Å². The summed E-state index contributed by atoms with van der Waals surface area (Å²) in [6.07, 6.45) is 6.03. The lowest BCUT2D eigenvalue weighted by Crippen LogP contribution is -2.21. The van der Waals surface area contributed by atoms with Crippen molar-refractivity contribution < 1.29 is 4.79 Å². The van der Waals surface area contributed by atoms with Gasteiger partial charge < -0.3 is 10.2 Å². The highest BCUT2D eigenvalue weighted by atomic mass is 16.1. The Balaban J connectivity index is 2.05. The zero-order chi connectivity index (χ0) is 13.0. The second kappa shape index (κ2) is 5.85. The van der Waals surface area contributed by atoms with Gasteiger partial charge in [-0.2, -0.15) is 0 Å². The van der Waals surface area contributed by atoms with Crippen LogP contribution in [0.3, 0.4) is 0 Å². The normalized spacial score (nSPS) is 20.8. The lowest BCUT2D eigenvalue weighted by atomic mass is 10.1. The number of carbonyl (C=O) groups excluding carboxylic acids is 1. The lowest BCUT2D eigenvalue weighted by molar-refractivity contribution is -0.118. The number of amides is 1. The van der Waals surface area contributed by atoms with Gasteiger partial charge in [-0.15, -0.1) is 0 Å². The average molecular weight is 247 g/mol. The molecule has 1 saturated heterocycles. The van der Waals surface area contributed by atoms with E-state index in [1.807, 2.05) is 17.2 Å². The monoisotopic (exact) mass is 247 g/mol. The van der Waals surface area contributed by atoms with Gasteiger partial charge in [-0.25, -0.2) is 4.98 Å². The molecule has 1 aliphatic rings. The van der Waals surface area contributed by atoms with Gasteiger partial charge >= 0.3 is 0 Å². The van der Waals surface area contributed by atoms with Crippen LogP contribution >= 0.6 is 0 Å². The number of likely N-dealkylation sites (tertiary alicyclic amines) is 1. The van der Waals surface area contributed by atoms with Crippen molar-refractivity contribution in [2.45, 2.75) is 45.2 Å². The van der Waals surface area contributed by atoms with Crippen LogP contribution in [0.15, 0.2) is 18.3 Å². The quantitative estimate of drug-likeness (QED) is 0.813. The summed E-state index contributed by atoms with van der Waals surface area (Å²) in [6.45, 7) is 5.15. The molecule has 0 radical (unpaired) electrons. The molecular formula is C14H21N3O. The Labute approximate surface area is 108 Å². The zero-order valence-electron chi connectivity index (χ0n) is 11.1. The van der Waals surface area contributed by atoms with Crippen LogP contribution in [0.5, 0.6) is 0 Å². The molecule has 2 atom stereocenters. The summed E-state index contributed by atoms with van der Waals surface area (Å²) < 4.78 is 0. The Bertz CT molecular complexity index is 391. The minimum Gasteiger partial charge on any atom is -0.368 e. The van der Waals surface area contributed by atoms with Crippen LogP contribution in [0.25, 0.3) is 0 Å². The highest BCUT2D eigenvalue weighted by Crippen LogP contribution is 2.30. The number of hydrogen-bond acceptors (Lipinski definition) is 3. The summed E-state index contributed by atoms with van der Waals surface area (Å²) in [5.74, 6) is 0.906. The van der Waals surface area contributed by atoms with Crippen LogP contribution < -0.4 is 5.32 Å². The van der Waals surface area contributed by atoms with Crippen molar-refractivity contribution in [2.75, 3.05) is 11.9 Å². The van der Waals surface area contributed by atoms with Crippen molar-refractivity contribution >= 4 is 12.2 Å². The van der Waals surface area contributed by atoms with E-state index >= 15 is 0 Å². The maximum Gasteiger partial charge on any atom is 0.210 e. The van der Waals surface area contributed by atoms with Gasteiger partial charge in [-0.1, -0.05) is 13.0 Å². The van der Waals surface area contributed by atoms with Gasteiger partial charge in [-0.05, 0) is 37.8 Å². The highest BCUT2D eigenvalue weighted by Gasteiger charge is 2.24. The molecule has 0 aromatic carbocycles. The van der Waals surface area contributed by atoms with E-state index in [0.717, 1.165) is 43.6 Å². The van der Waals surface area contributed by atoms with Crippen molar-refractivity contribution in [2.24, 2.45) is 0 Å². The maximum atomic E-state index is 10.9. The molecule has 0 spiro atoms. The number of rotatable bonds is 5. The predicted octanol–water partition coefficient (Wildman–Crippen LogP) is 2.59. The van der Waals surface area contributed by atoms with E-state index in [1.54, 1.807) is 0 Å². The molecule has 2 heterocycles. The number of anilines is 1. The van der Waals surface area contributed by atoms with Gasteiger partial charge in [0.15, 0.2) is 0 Å². The molecule has 0 saturated carbocycles. The minimum atomic E-state index is 0.215. The number of aromatic nitrogens is 1. The Morgan fingerprint density at radius 2 is 2.44 bits per heavy atom. The first-order valence-electron chi connectivity index (χ1n) is 6.68. The van der Waals surface area contributed by atoms with E-state index in [0.29, 0.717) is 6.04 Å². The Kier molecular flexibility index (Phi) is 4.18. The minimum absolute atomic E-state index is 0.215. The van der Waals surface area contributed by atoms with E-state index in [-0.39, 0.29) is 6.04 Å². The molecule has 18 heavy (non-hydrogen) atoms. The van der Waals surface area contributed by atoms with E-state index in [2.05, 4.69) is 30.2 Å². The van der Waals surface area contributed by atoms with Gasteiger partial charge in [0.2, 0.25) is 6.41 Å². The molecule has 1 aliphatic heterocycles. The third-order valence-corrected chi connectivity index (χ3v) is 3.61. The van der Waals surface area contributed by atoms with Crippen molar-refractivity contribution in [1.82, 2.24) is 9.88 Å². The first-order chi connectivity index (χ1) is 8.74. The predicted molar refractivity (Wildman–Crippen MR) is 72.4 cm³/mol. The van der Waals surface area contributed by atoms with Crippen molar-refractivity contribution in [3.63, 3.8) is 0 Å². The molecule has 4 nitrogen and oxygen atoms in total. The summed E-state index contributed by atoms with van der Waals surface area (Å²) in [4.78, 5) is 17.2. The number of pyridine rings is 1. The molecule has 1 N–H and O–H groups in total. The Hall–Kier alpha value is -1.58. The summed E-state index contributed by atoms with van der Waals surface area (Å²) in [6, 6.07) is 4.72. The lowest BCUT2D eigenvalue weighted by Gasteiger charge is -2.20. The van der Waals surface area contributed by atoms with Gasteiger partial charge in [0.1, 0.15) is 5.82 Å². The molecule has 98 valence electrons. The van der Waals surface area contributed by atoms with Crippen LogP contribution in [0.1, 0.15) is 44.7 Å². The number of nitrogens with zero attached hydrogens (tertiary/aromatic N) is 2. The largest absolute Gasteiger partial charge is 0.368 e. The number of hydrogen-bond donors (Lipinski definition) is 1. The first kappa shape index (κ1) is 12.9. The second-order valence-electron chi connectivity index (χ2n) is 4.93. The van der Waals surface area contributed by atoms with Gasteiger partial charge in [0, 0.05) is 18.8 Å². The molecular weight excluding hydrogens is 226 g/mol. The Morgan fingerprint density at radius 1 is 1.61 bits per heavy atom. The smallest absolute Gasteiger partial charge is 0.210 e. The first-order valence-corrected chi connectivity index (χ1v) is 6.68. The molecule has 1 amide bonds. The van der Waals surface area contributed by atoms with Crippen LogP contribution in [0, 0.1) is 0 Å². The van der Waals surface area contributed by atoms with Crippen molar-refractivity contribution in [1.29, 1.82) is 0 Å². The van der Waals surface area contributed by atoms with E-state index in [1.165, 1.54) is 0 Å². The SMILES string of the molecule is CC[C@H](C)Nc1ccc([C@H]2CCCN2C=O)cn1. The van der Waals surface area contributed by atoms with E-state index in [4.69, 9.17) is 0 Å². The van der Waals surface area contributed by atoms with Gasteiger partial charge in [-0.3, -0.25) is 4.79 Å². The van der Waals surface area contributed by atoms with E-state index in [9.17, 15) is 4.79 Å². The number of nitrogens with one attached hydrogen (secondary N) is 1. The van der Waals surface area contributed by atoms with Crippen LogP contribution in [0.2, 0.25) is 0 Å². The van der Waals surface area contributed by atoms with Crippen LogP contribution in [-0.2, 0) is 4.79 Å². The molecule has 0 aliphatic carbocycles. The zero-order valence-corrected chi connectivity index (χ0v) is 11.1. The molecule has 1 fully saturated rings. The third-order valence-electron chi connectivity index (χ3n) is 3.61. The summed E-state index contributed by atoms with van der Waals surface area (Å²) >= 11 is 0. The second-order valence-corrected chi connectivity index (χ2v) is 4.93. The van der Waals surface area contributed by atoms with Crippen molar-refractivity contribution in [3.05, 3.63) is 23.9 Å². The third kappa shape index (κ3) is 2.81. The fourth-order valence-corrected chi connectivity index (χ4v) is 2.32. The molecule has 1 aromatic heterocycles. The molecule has 1 aromatic rings. The summed E-state index contributed by atoms with van der Waals surface area (Å²) in [7, 11) is 0. The summed E-state index contributed by atoms with van der Waals surface area (Å²) in [5.41, 5.74) is 1.13. The molecule has 2 rings (SSSR count). The molecule has 0 unspecified atom stereocenters. The molecule has 0 bridgehead atoms. The fraction of sp³-hybridized carbons (Fsp3) is 0.571. The Morgan fingerprint density at radius 3 is 3.06 bits per heavy atom. The highest BCUT2D eigenvalue weighted by molar-refractivity contribution is 5.50. The van der Waals surface area contributed by atoms with E-state index < -0.39 is 0 Å². The number of carbonyl (C=O) groups is 1. The fourth-order valence-electron chi connectivity index (χ4n) is 2.32. The summed E-state index contributed by atoms with van der Waals surface area (Å²) in [5, 5.41) is 3.34. The standard InChI is InChI=1S/C14H21N3O/c1-3-11(2)16-14-7-6-12(9-15-14)13-5-4-8-17(13)10-18/h6-7,9-11,13H,3-5,8H2,1-2H3,(H,15,16)/t11-,13+/m0/s1. The van der Waals surface area contributed by atoms with Gasteiger partial charge in [0.05, 0.1) is 6.04 Å². The topological polar surface area (TPSA) is 45.2 Å². The molecule has 4 heteroatoms. The van der Waals surface area contributed by atoms with Crippen LogP contribution in [0.4, 0.5) is 5.82 Å². The average Bonchev–Trinajstić information content (AvgIpc) is 2.87. The van der Waals surface area contributed by atoms with Gasteiger partial charge in [0.25, 0.3) is 0 Å². The maximum absolute atomic E-state index is 10.9.